The van der Waals surface area contributed by atoms with Crippen LogP contribution in [-0.2, 0) is 14.8 Å². The number of halogens is 3. The minimum atomic E-state index is -3.78. The Labute approximate surface area is 234 Å². The van der Waals surface area contributed by atoms with Crippen LogP contribution in [0.1, 0.15) is 18.5 Å². The molecule has 1 N–H and O–H groups in total. The van der Waals surface area contributed by atoms with E-state index in [1.807, 2.05) is 19.2 Å². The van der Waals surface area contributed by atoms with Gasteiger partial charge in [-0.15, -0.1) is 24.8 Å². The minimum absolute atomic E-state index is 0. The monoisotopic (exact) mass is 585 g/mol. The highest BCUT2D eigenvalue weighted by atomic mass is 35.5. The van der Waals surface area contributed by atoms with E-state index in [4.69, 9.17) is 11.6 Å². The number of hydrogen-bond donors (Lipinski definition) is 1. The molecule has 2 aromatic carbocycles. The van der Waals surface area contributed by atoms with Crippen molar-refractivity contribution >= 4 is 68.8 Å². The van der Waals surface area contributed by atoms with Gasteiger partial charge in [0.25, 0.3) is 5.91 Å². The fourth-order valence-corrected chi connectivity index (χ4v) is 6.31. The Bertz CT molecular complexity index is 1370. The first-order valence-corrected chi connectivity index (χ1v) is 13.5. The van der Waals surface area contributed by atoms with Crippen molar-refractivity contribution in [2.75, 3.05) is 37.6 Å². The normalized spacial score (nSPS) is 17.4. The molecule has 0 aliphatic carbocycles. The molecule has 0 radical (unpaired) electrons. The first-order valence-electron chi connectivity index (χ1n) is 11.7. The van der Waals surface area contributed by atoms with Gasteiger partial charge in [0, 0.05) is 48.3 Å². The van der Waals surface area contributed by atoms with Crippen LogP contribution in [0.5, 0.6) is 0 Å². The Hall–Kier alpha value is -2.14. The van der Waals surface area contributed by atoms with Crippen LogP contribution in [0.4, 0.5) is 5.69 Å². The molecule has 0 saturated carbocycles. The second-order valence-electron chi connectivity index (χ2n) is 9.08. The molecule has 2 aliphatic heterocycles. The van der Waals surface area contributed by atoms with E-state index in [0.29, 0.717) is 11.6 Å². The molecule has 3 aromatic rings. The number of aryl methyl sites for hydroxylation is 1. The predicted octanol–water partition coefficient (Wildman–Crippen LogP) is 4.05. The largest absolute Gasteiger partial charge is 0.371 e. The van der Waals surface area contributed by atoms with Crippen molar-refractivity contribution < 1.29 is 13.2 Å². The number of pyridine rings is 1. The van der Waals surface area contributed by atoms with E-state index < -0.39 is 10.0 Å². The van der Waals surface area contributed by atoms with Crippen molar-refractivity contribution in [3.8, 4) is 0 Å². The number of nitrogens with one attached hydrogen (secondary N) is 1. The summed E-state index contributed by atoms with van der Waals surface area (Å²) >= 11 is 6.03. The number of amides is 1. The SMILES string of the molecule is Cc1cc(N2CCC(NN3CCN(S(=O)(=O)c4ccc5cc(Cl)ccc5c4)CC3=O)CC2)ccn1.Cl.Cl. The third-order valence-electron chi connectivity index (χ3n) is 6.68. The Morgan fingerprint density at radius 3 is 2.35 bits per heavy atom. The Morgan fingerprint density at radius 1 is 0.946 bits per heavy atom. The zero-order valence-electron chi connectivity index (χ0n) is 20.3. The number of sulfonamides is 1. The van der Waals surface area contributed by atoms with Crippen LogP contribution in [0.25, 0.3) is 10.8 Å². The van der Waals surface area contributed by atoms with Gasteiger partial charge in [0.15, 0.2) is 0 Å². The number of carbonyl (C=O) groups is 1. The lowest BCUT2D eigenvalue weighted by atomic mass is 10.0. The number of anilines is 1. The van der Waals surface area contributed by atoms with Gasteiger partial charge in [-0.1, -0.05) is 23.7 Å². The van der Waals surface area contributed by atoms with E-state index in [1.54, 1.807) is 41.4 Å². The summed E-state index contributed by atoms with van der Waals surface area (Å²) in [7, 11) is -3.78. The number of fused-ring (bicyclic) bond motifs is 1. The summed E-state index contributed by atoms with van der Waals surface area (Å²) in [6.07, 6.45) is 3.62. The van der Waals surface area contributed by atoms with E-state index in [0.717, 1.165) is 42.4 Å². The van der Waals surface area contributed by atoms with E-state index in [9.17, 15) is 13.2 Å². The summed E-state index contributed by atoms with van der Waals surface area (Å²) < 4.78 is 27.7. The molecular weight excluding hydrogens is 557 g/mol. The molecule has 12 heteroatoms. The zero-order chi connectivity index (χ0) is 24.6. The Morgan fingerprint density at radius 2 is 1.65 bits per heavy atom. The highest BCUT2D eigenvalue weighted by Gasteiger charge is 2.34. The Balaban J connectivity index is 0.00000190. The van der Waals surface area contributed by atoms with Crippen molar-refractivity contribution in [2.24, 2.45) is 0 Å². The van der Waals surface area contributed by atoms with Crippen LogP contribution in [0, 0.1) is 6.92 Å². The number of nitrogens with zero attached hydrogens (tertiary/aromatic N) is 4. The van der Waals surface area contributed by atoms with Gasteiger partial charge in [-0.05, 0) is 66.9 Å². The topological polar surface area (TPSA) is 85.9 Å². The van der Waals surface area contributed by atoms with Crippen molar-refractivity contribution in [2.45, 2.75) is 30.7 Å². The van der Waals surface area contributed by atoms with Gasteiger partial charge < -0.3 is 4.90 Å². The van der Waals surface area contributed by atoms with E-state index >= 15 is 0 Å². The molecule has 1 amide bonds. The average Bonchev–Trinajstić information content (AvgIpc) is 2.85. The van der Waals surface area contributed by atoms with Crippen molar-refractivity contribution in [3.63, 3.8) is 0 Å². The number of aromatic nitrogens is 1. The number of hydrogen-bond acceptors (Lipinski definition) is 6. The van der Waals surface area contributed by atoms with Crippen LogP contribution >= 0.6 is 36.4 Å². The molecule has 37 heavy (non-hydrogen) atoms. The highest BCUT2D eigenvalue weighted by molar-refractivity contribution is 7.89. The van der Waals surface area contributed by atoms with Crippen LogP contribution in [-0.4, -0.2) is 67.4 Å². The van der Waals surface area contributed by atoms with Crippen LogP contribution in [0.15, 0.2) is 59.6 Å². The molecule has 2 saturated heterocycles. The number of piperazine rings is 1. The second-order valence-corrected chi connectivity index (χ2v) is 11.5. The smallest absolute Gasteiger partial charge is 0.252 e. The molecule has 200 valence electrons. The Kier molecular flexibility index (Phi) is 9.66. The van der Waals surface area contributed by atoms with Gasteiger partial charge in [-0.25, -0.2) is 13.8 Å². The first-order chi connectivity index (χ1) is 16.8. The van der Waals surface area contributed by atoms with Gasteiger partial charge in [-0.3, -0.25) is 14.8 Å². The molecule has 2 fully saturated rings. The summed E-state index contributed by atoms with van der Waals surface area (Å²) in [6.45, 7) is 4.13. The summed E-state index contributed by atoms with van der Waals surface area (Å²) in [4.78, 5) is 19.6. The van der Waals surface area contributed by atoms with Crippen molar-refractivity contribution in [1.29, 1.82) is 0 Å². The third-order valence-corrected chi connectivity index (χ3v) is 8.75. The molecule has 0 bridgehead atoms. The summed E-state index contributed by atoms with van der Waals surface area (Å²) in [6, 6.07) is 14.6. The van der Waals surface area contributed by atoms with E-state index in [1.165, 1.54) is 9.99 Å². The lowest BCUT2D eigenvalue weighted by Crippen LogP contribution is -2.60. The molecule has 1 aromatic heterocycles. The lowest BCUT2D eigenvalue weighted by Gasteiger charge is -2.39. The summed E-state index contributed by atoms with van der Waals surface area (Å²) in [5.74, 6) is -0.236. The van der Waals surface area contributed by atoms with Gasteiger partial charge in [0.1, 0.15) is 0 Å². The van der Waals surface area contributed by atoms with Gasteiger partial charge in [0.2, 0.25) is 10.0 Å². The van der Waals surface area contributed by atoms with Crippen molar-refractivity contribution in [1.82, 2.24) is 19.7 Å². The lowest BCUT2D eigenvalue weighted by molar-refractivity contribution is -0.138. The first kappa shape index (κ1) is 29.4. The molecule has 8 nitrogen and oxygen atoms in total. The molecule has 3 heterocycles. The van der Waals surface area contributed by atoms with E-state index in [-0.39, 0.29) is 54.7 Å². The molecule has 0 spiro atoms. The molecule has 0 atom stereocenters. The highest BCUT2D eigenvalue weighted by Crippen LogP contribution is 2.25. The van der Waals surface area contributed by atoms with Crippen LogP contribution in [0.2, 0.25) is 5.02 Å². The van der Waals surface area contributed by atoms with Gasteiger partial charge >= 0.3 is 0 Å². The maximum Gasteiger partial charge on any atom is 0.252 e. The molecular formula is C25H30Cl3N5O3S. The molecule has 5 rings (SSSR count). The molecule has 2 aliphatic rings. The number of carbonyl (C=O) groups excluding carboxylic acids is 1. The van der Waals surface area contributed by atoms with Crippen LogP contribution in [0.3, 0.4) is 0 Å². The van der Waals surface area contributed by atoms with Crippen LogP contribution < -0.4 is 10.3 Å². The number of piperidine rings is 1. The summed E-state index contributed by atoms with van der Waals surface area (Å²) in [5.41, 5.74) is 5.51. The predicted molar refractivity (Wildman–Crippen MR) is 151 cm³/mol. The van der Waals surface area contributed by atoms with Gasteiger partial charge in [-0.2, -0.15) is 4.31 Å². The number of benzene rings is 2. The maximum atomic E-state index is 13.2. The third kappa shape index (κ3) is 6.47. The summed E-state index contributed by atoms with van der Waals surface area (Å²) in [5, 5.41) is 3.84. The average molecular weight is 587 g/mol. The second kappa shape index (κ2) is 12.1. The molecule has 0 unspecified atom stereocenters. The van der Waals surface area contributed by atoms with E-state index in [2.05, 4.69) is 21.4 Å². The van der Waals surface area contributed by atoms with Gasteiger partial charge in [0.05, 0.1) is 18.0 Å². The minimum Gasteiger partial charge on any atom is -0.371 e. The van der Waals surface area contributed by atoms with Crippen molar-refractivity contribution in [3.05, 3.63) is 65.4 Å². The number of hydrazine groups is 1. The fourth-order valence-electron chi connectivity index (χ4n) is 4.71. The zero-order valence-corrected chi connectivity index (χ0v) is 23.5. The maximum absolute atomic E-state index is 13.2. The number of rotatable bonds is 5. The standard InChI is InChI=1S/C25H28ClN5O3S.2ClH/c1-18-14-23(6-9-27-18)29-10-7-22(8-11-29)28-31-13-12-30(17-25(31)32)35(33,34)24-5-3-19-15-21(26)4-2-20(19)16-24;;/h2-6,9,14-16,22,28H,7-8,10-13,17H2,1H3;2*1H. The quantitative estimate of drug-likeness (QED) is 0.486. The fraction of sp³-hybridized carbons (Fsp3) is 0.360.